The minimum absolute atomic E-state index is 0.0859. The lowest BCUT2D eigenvalue weighted by molar-refractivity contribution is -0.142. The average Bonchev–Trinajstić information content (AvgIpc) is 2.71. The van der Waals surface area contributed by atoms with Gasteiger partial charge < -0.3 is 14.8 Å². The maximum absolute atomic E-state index is 13.3. The number of ether oxygens (including phenoxy) is 2. The molecule has 0 saturated carbocycles. The Balaban J connectivity index is 2.01. The zero-order chi connectivity index (χ0) is 21.7. The second-order valence-corrected chi connectivity index (χ2v) is 7.26. The Morgan fingerprint density at radius 1 is 1.10 bits per heavy atom. The van der Waals surface area contributed by atoms with Crippen molar-refractivity contribution in [2.45, 2.75) is 20.3 Å². The fraction of sp³-hybridized carbons (Fsp3) is 0.261. The zero-order valence-corrected chi connectivity index (χ0v) is 17.1. The van der Waals surface area contributed by atoms with Gasteiger partial charge in [-0.3, -0.25) is 4.79 Å². The number of amides is 1. The van der Waals surface area contributed by atoms with Gasteiger partial charge in [0.05, 0.1) is 18.3 Å². The highest BCUT2D eigenvalue weighted by Crippen LogP contribution is 2.32. The summed E-state index contributed by atoms with van der Waals surface area (Å²) in [4.78, 5) is 28.3. The van der Waals surface area contributed by atoms with Gasteiger partial charge in [-0.15, -0.1) is 0 Å². The van der Waals surface area contributed by atoms with Gasteiger partial charge in [-0.1, -0.05) is 13.8 Å². The summed E-state index contributed by atoms with van der Waals surface area (Å²) in [6.45, 7) is 3.67. The third-order valence-corrected chi connectivity index (χ3v) is 4.36. The highest BCUT2D eigenvalue weighted by Gasteiger charge is 2.13. The van der Waals surface area contributed by atoms with Crippen LogP contribution in [-0.4, -0.2) is 30.6 Å². The number of fused-ring (bicyclic) bond motifs is 1. The van der Waals surface area contributed by atoms with Crippen LogP contribution in [0, 0.1) is 11.7 Å². The largest absolute Gasteiger partial charge is 0.481 e. The highest BCUT2D eigenvalue weighted by molar-refractivity contribution is 5.96. The minimum Gasteiger partial charge on any atom is -0.481 e. The van der Waals surface area contributed by atoms with Crippen LogP contribution in [0.4, 0.5) is 10.1 Å². The Bertz CT molecular complexity index is 1060. The molecule has 1 aromatic heterocycles. The second kappa shape index (κ2) is 9.35. The van der Waals surface area contributed by atoms with Crippen molar-refractivity contribution in [1.82, 2.24) is 4.98 Å². The summed E-state index contributed by atoms with van der Waals surface area (Å²) in [5, 5.41) is 3.50. The first-order valence-corrected chi connectivity index (χ1v) is 9.56. The molecule has 0 bridgehead atoms. The molecule has 1 heterocycles. The topological polar surface area (TPSA) is 77.5 Å². The Kier molecular flexibility index (Phi) is 6.61. The third-order valence-electron chi connectivity index (χ3n) is 4.36. The molecule has 0 aliphatic carbocycles. The number of hydrogen-bond acceptors (Lipinski definition) is 5. The van der Waals surface area contributed by atoms with Crippen LogP contribution in [0.15, 0.2) is 48.5 Å². The zero-order valence-electron chi connectivity index (χ0n) is 17.1. The molecule has 6 nitrogen and oxygen atoms in total. The molecule has 1 amide bonds. The molecular formula is C23H23FN2O4. The molecule has 0 unspecified atom stereocenters. The van der Waals surface area contributed by atoms with E-state index in [-0.39, 0.29) is 24.2 Å². The molecule has 30 heavy (non-hydrogen) atoms. The van der Waals surface area contributed by atoms with E-state index in [0.29, 0.717) is 40.0 Å². The van der Waals surface area contributed by atoms with Crippen LogP contribution in [0.5, 0.6) is 5.75 Å². The lowest BCUT2D eigenvalue weighted by Crippen LogP contribution is -2.14. The number of carbonyl (C=O) groups is 2. The Morgan fingerprint density at radius 2 is 1.83 bits per heavy atom. The quantitative estimate of drug-likeness (QED) is 0.577. The van der Waals surface area contributed by atoms with Gasteiger partial charge in [0, 0.05) is 29.1 Å². The number of carbonyl (C=O) groups excluding carboxylic acids is 2. The van der Waals surface area contributed by atoms with Crippen molar-refractivity contribution in [1.29, 1.82) is 0 Å². The lowest BCUT2D eigenvalue weighted by Gasteiger charge is -2.13. The predicted molar refractivity (Wildman–Crippen MR) is 113 cm³/mol. The molecule has 0 fully saturated rings. The van der Waals surface area contributed by atoms with E-state index in [4.69, 9.17) is 4.74 Å². The van der Waals surface area contributed by atoms with Crippen molar-refractivity contribution in [3.05, 3.63) is 54.3 Å². The summed E-state index contributed by atoms with van der Waals surface area (Å²) >= 11 is 0. The van der Waals surface area contributed by atoms with Crippen LogP contribution >= 0.6 is 0 Å². The normalized spacial score (nSPS) is 10.8. The first-order chi connectivity index (χ1) is 14.4. The van der Waals surface area contributed by atoms with E-state index >= 15 is 0 Å². The van der Waals surface area contributed by atoms with E-state index in [9.17, 15) is 14.0 Å². The van der Waals surface area contributed by atoms with Crippen LogP contribution < -0.4 is 10.1 Å². The summed E-state index contributed by atoms with van der Waals surface area (Å²) in [5.41, 5.74) is 2.49. The van der Waals surface area contributed by atoms with E-state index in [1.165, 1.54) is 19.2 Å². The van der Waals surface area contributed by atoms with Crippen molar-refractivity contribution in [2.75, 3.05) is 19.0 Å². The third kappa shape index (κ3) is 5.31. The van der Waals surface area contributed by atoms with Gasteiger partial charge in [0.15, 0.2) is 6.61 Å². The van der Waals surface area contributed by atoms with Crippen LogP contribution in [0.1, 0.15) is 20.3 Å². The lowest BCUT2D eigenvalue weighted by atomic mass is 10.1. The fourth-order valence-corrected chi connectivity index (χ4v) is 2.94. The summed E-state index contributed by atoms with van der Waals surface area (Å²) in [7, 11) is 1.28. The molecule has 0 aliphatic heterocycles. The number of nitrogens with one attached hydrogen (secondary N) is 1. The molecule has 0 spiro atoms. The number of rotatable bonds is 7. The number of hydrogen-bond donors (Lipinski definition) is 1. The van der Waals surface area contributed by atoms with Gasteiger partial charge in [-0.2, -0.15) is 0 Å². The number of benzene rings is 2. The SMILES string of the molecule is COC(=O)COc1cc(-c2ccc(F)cc2)nc2ccc(NC(=O)CC(C)C)cc12. The summed E-state index contributed by atoms with van der Waals surface area (Å²) < 4.78 is 23.6. The van der Waals surface area contributed by atoms with E-state index in [1.807, 2.05) is 13.8 Å². The molecule has 3 rings (SSSR count). The van der Waals surface area contributed by atoms with Gasteiger partial charge in [0.2, 0.25) is 5.91 Å². The maximum atomic E-state index is 13.3. The second-order valence-electron chi connectivity index (χ2n) is 7.26. The van der Waals surface area contributed by atoms with Gasteiger partial charge in [0.25, 0.3) is 0 Å². The Labute approximate surface area is 174 Å². The van der Waals surface area contributed by atoms with E-state index < -0.39 is 5.97 Å². The predicted octanol–water partition coefficient (Wildman–Crippen LogP) is 4.58. The van der Waals surface area contributed by atoms with Crippen molar-refractivity contribution in [2.24, 2.45) is 5.92 Å². The standard InChI is InChI=1S/C23H23FN2O4/c1-14(2)10-22(27)25-17-8-9-19-18(11-17)21(30-13-23(28)29-3)12-20(26-19)15-4-6-16(24)7-5-15/h4-9,11-12,14H,10,13H2,1-3H3,(H,25,27). The van der Waals surface area contributed by atoms with Crippen molar-refractivity contribution in [3.8, 4) is 17.0 Å². The number of pyridine rings is 1. The van der Waals surface area contributed by atoms with Gasteiger partial charge in [-0.05, 0) is 48.4 Å². The van der Waals surface area contributed by atoms with E-state index in [2.05, 4.69) is 15.0 Å². The van der Waals surface area contributed by atoms with Crippen LogP contribution in [-0.2, 0) is 14.3 Å². The number of nitrogens with zero attached hydrogens (tertiary/aromatic N) is 1. The van der Waals surface area contributed by atoms with Crippen LogP contribution in [0.25, 0.3) is 22.2 Å². The number of aromatic nitrogens is 1. The minimum atomic E-state index is -0.523. The summed E-state index contributed by atoms with van der Waals surface area (Å²) in [5.74, 6) is -0.306. The number of esters is 1. The number of anilines is 1. The number of halogens is 1. The highest BCUT2D eigenvalue weighted by atomic mass is 19.1. The van der Waals surface area contributed by atoms with Gasteiger partial charge >= 0.3 is 5.97 Å². The number of methoxy groups -OCH3 is 1. The van der Waals surface area contributed by atoms with E-state index in [0.717, 1.165) is 0 Å². The molecule has 0 atom stereocenters. The molecule has 2 aromatic carbocycles. The van der Waals surface area contributed by atoms with Crippen LogP contribution in [0.2, 0.25) is 0 Å². The molecule has 0 radical (unpaired) electrons. The van der Waals surface area contributed by atoms with E-state index in [1.54, 1.807) is 36.4 Å². The average molecular weight is 410 g/mol. The molecule has 7 heteroatoms. The molecule has 0 saturated heterocycles. The van der Waals surface area contributed by atoms with Gasteiger partial charge in [-0.25, -0.2) is 14.2 Å². The van der Waals surface area contributed by atoms with Gasteiger partial charge in [0.1, 0.15) is 11.6 Å². The molecule has 3 aromatic rings. The maximum Gasteiger partial charge on any atom is 0.343 e. The van der Waals surface area contributed by atoms with Crippen molar-refractivity contribution >= 4 is 28.5 Å². The summed E-state index contributed by atoms with van der Waals surface area (Å²) in [6, 6.07) is 12.9. The van der Waals surface area contributed by atoms with Crippen molar-refractivity contribution in [3.63, 3.8) is 0 Å². The first-order valence-electron chi connectivity index (χ1n) is 9.56. The molecule has 1 N–H and O–H groups in total. The fourth-order valence-electron chi connectivity index (χ4n) is 2.94. The summed E-state index contributed by atoms with van der Waals surface area (Å²) in [6.07, 6.45) is 0.408. The molecular weight excluding hydrogens is 387 g/mol. The first kappa shape index (κ1) is 21.2. The monoisotopic (exact) mass is 410 g/mol. The van der Waals surface area contributed by atoms with Crippen LogP contribution in [0.3, 0.4) is 0 Å². The van der Waals surface area contributed by atoms with Crippen molar-refractivity contribution < 1.29 is 23.5 Å². The molecule has 0 aliphatic rings. The molecule has 156 valence electrons. The Hall–Kier alpha value is -3.48. The Morgan fingerprint density at radius 3 is 2.50 bits per heavy atom. The smallest absolute Gasteiger partial charge is 0.343 e.